The summed E-state index contributed by atoms with van der Waals surface area (Å²) in [6, 6.07) is 19.2. The molecule has 1 fully saturated rings. The molecule has 0 aliphatic carbocycles. The molecule has 1 saturated heterocycles. The van der Waals surface area contributed by atoms with Crippen LogP contribution >= 0.6 is 0 Å². The van der Waals surface area contributed by atoms with Crippen molar-refractivity contribution in [1.82, 2.24) is 4.90 Å². The Morgan fingerprint density at radius 3 is 2.03 bits per heavy atom. The lowest BCUT2D eigenvalue weighted by molar-refractivity contribution is -0.150. The third-order valence-electron chi connectivity index (χ3n) is 6.36. The monoisotopic (exact) mass is 453 g/mol. The standard InChI is InChI=1S/C27H35NO5/c1-19(27(2,3)4)32-26(31)28-16-15-22(23(29)18-28)17-24(30)33-25(20-11-7-5-8-12-20)21-13-9-6-10-14-21/h5-14,19,22-23,25,29H,15-18H2,1-4H3/t19?,22-,23-/m1/s1. The van der Waals surface area contributed by atoms with Gasteiger partial charge in [-0.25, -0.2) is 4.79 Å². The molecule has 1 N–H and O–H groups in total. The molecule has 3 atom stereocenters. The molecule has 0 radical (unpaired) electrons. The number of carbonyl (C=O) groups excluding carboxylic acids is 2. The van der Waals surface area contributed by atoms with Crippen LogP contribution in [-0.4, -0.2) is 47.4 Å². The zero-order valence-corrected chi connectivity index (χ0v) is 19.9. The number of aliphatic hydroxyl groups excluding tert-OH is 1. The Morgan fingerprint density at radius 1 is 1.00 bits per heavy atom. The first kappa shape index (κ1) is 24.8. The van der Waals surface area contributed by atoms with Gasteiger partial charge >= 0.3 is 12.1 Å². The van der Waals surface area contributed by atoms with Gasteiger partial charge in [0.15, 0.2) is 6.10 Å². The van der Waals surface area contributed by atoms with Crippen LogP contribution in [0.1, 0.15) is 57.8 Å². The van der Waals surface area contributed by atoms with Gasteiger partial charge in [-0.15, -0.1) is 0 Å². The minimum Gasteiger partial charge on any atom is -0.453 e. The maximum absolute atomic E-state index is 12.8. The zero-order valence-electron chi connectivity index (χ0n) is 19.9. The number of carbonyl (C=O) groups is 2. The number of nitrogens with zero attached hydrogens (tertiary/aromatic N) is 1. The van der Waals surface area contributed by atoms with Crippen molar-refractivity contribution in [3.8, 4) is 0 Å². The number of rotatable bonds is 6. The Hall–Kier alpha value is -2.86. The minimum absolute atomic E-state index is 0.0958. The van der Waals surface area contributed by atoms with Gasteiger partial charge in [0.2, 0.25) is 0 Å². The highest BCUT2D eigenvalue weighted by Gasteiger charge is 2.35. The zero-order chi connectivity index (χ0) is 24.0. The molecule has 1 unspecified atom stereocenters. The summed E-state index contributed by atoms with van der Waals surface area (Å²) in [5.74, 6) is -0.636. The number of amides is 1. The highest BCUT2D eigenvalue weighted by atomic mass is 16.6. The second-order valence-electron chi connectivity index (χ2n) is 9.85. The first-order valence-electron chi connectivity index (χ1n) is 11.6. The van der Waals surface area contributed by atoms with E-state index in [-0.39, 0.29) is 36.4 Å². The van der Waals surface area contributed by atoms with E-state index in [0.29, 0.717) is 13.0 Å². The van der Waals surface area contributed by atoms with Gasteiger partial charge in [-0.3, -0.25) is 4.79 Å². The van der Waals surface area contributed by atoms with Crippen molar-refractivity contribution in [2.45, 2.75) is 58.8 Å². The predicted molar refractivity (Wildman–Crippen MR) is 127 cm³/mol. The Kier molecular flexibility index (Phi) is 8.14. The van der Waals surface area contributed by atoms with E-state index < -0.39 is 18.3 Å². The Bertz CT molecular complexity index is 870. The summed E-state index contributed by atoms with van der Waals surface area (Å²) in [6.45, 7) is 8.48. The van der Waals surface area contributed by atoms with E-state index in [1.165, 1.54) is 4.90 Å². The van der Waals surface area contributed by atoms with Gasteiger partial charge in [-0.05, 0) is 35.8 Å². The maximum atomic E-state index is 12.8. The Labute approximate surface area is 196 Å². The largest absolute Gasteiger partial charge is 0.453 e. The van der Waals surface area contributed by atoms with E-state index in [1.54, 1.807) is 0 Å². The van der Waals surface area contributed by atoms with Crippen molar-refractivity contribution in [3.05, 3.63) is 71.8 Å². The van der Waals surface area contributed by atoms with Crippen LogP contribution in [-0.2, 0) is 14.3 Å². The number of β-amino-alcohol motifs (C(OH)–C–C–N with tert-alkyl or cyclic N) is 1. The summed E-state index contributed by atoms with van der Waals surface area (Å²) in [4.78, 5) is 26.9. The van der Waals surface area contributed by atoms with Crippen LogP contribution in [0.15, 0.2) is 60.7 Å². The number of benzene rings is 2. The van der Waals surface area contributed by atoms with Gasteiger partial charge < -0.3 is 19.5 Å². The van der Waals surface area contributed by atoms with Crippen molar-refractivity contribution in [2.75, 3.05) is 13.1 Å². The molecule has 1 aliphatic rings. The molecule has 0 saturated carbocycles. The number of ether oxygens (including phenoxy) is 2. The van der Waals surface area contributed by atoms with Gasteiger partial charge in [0.25, 0.3) is 0 Å². The van der Waals surface area contributed by atoms with E-state index >= 15 is 0 Å². The summed E-state index contributed by atoms with van der Waals surface area (Å²) in [7, 11) is 0. The van der Waals surface area contributed by atoms with E-state index in [1.807, 2.05) is 88.4 Å². The average Bonchev–Trinajstić information content (AvgIpc) is 2.79. The van der Waals surface area contributed by atoms with Gasteiger partial charge in [0.05, 0.1) is 19.1 Å². The fourth-order valence-corrected chi connectivity index (χ4v) is 3.76. The topological polar surface area (TPSA) is 76.1 Å². The normalized spacial score (nSPS) is 19.8. The highest BCUT2D eigenvalue weighted by molar-refractivity contribution is 5.71. The van der Waals surface area contributed by atoms with Crippen LogP contribution in [0.3, 0.4) is 0 Å². The first-order chi connectivity index (χ1) is 15.6. The van der Waals surface area contributed by atoms with Crippen LogP contribution in [0.25, 0.3) is 0 Å². The second-order valence-corrected chi connectivity index (χ2v) is 9.85. The number of hydrogen-bond donors (Lipinski definition) is 1. The van der Waals surface area contributed by atoms with E-state index in [0.717, 1.165) is 11.1 Å². The molecule has 1 heterocycles. The third-order valence-corrected chi connectivity index (χ3v) is 6.36. The summed E-state index contributed by atoms with van der Waals surface area (Å²) >= 11 is 0. The molecule has 0 spiro atoms. The number of esters is 1. The fraction of sp³-hybridized carbons (Fsp3) is 0.481. The minimum atomic E-state index is -0.810. The number of piperidine rings is 1. The van der Waals surface area contributed by atoms with E-state index in [9.17, 15) is 14.7 Å². The van der Waals surface area contributed by atoms with Crippen LogP contribution < -0.4 is 0 Å². The molecule has 2 aromatic rings. The van der Waals surface area contributed by atoms with Crippen LogP contribution in [0.5, 0.6) is 0 Å². The molecule has 178 valence electrons. The lowest BCUT2D eigenvalue weighted by Gasteiger charge is -2.37. The fourth-order valence-electron chi connectivity index (χ4n) is 3.76. The summed E-state index contributed by atoms with van der Waals surface area (Å²) in [5, 5.41) is 10.6. The van der Waals surface area contributed by atoms with Gasteiger partial charge in [0, 0.05) is 6.54 Å². The molecule has 0 aromatic heterocycles. The average molecular weight is 454 g/mol. The molecular weight excluding hydrogens is 418 g/mol. The van der Waals surface area contributed by atoms with Crippen LogP contribution in [0.4, 0.5) is 4.79 Å². The van der Waals surface area contributed by atoms with Crippen LogP contribution in [0.2, 0.25) is 0 Å². The van der Waals surface area contributed by atoms with Crippen molar-refractivity contribution in [3.63, 3.8) is 0 Å². The third kappa shape index (κ3) is 6.81. The predicted octanol–water partition coefficient (Wildman–Crippen LogP) is 4.96. The summed E-state index contributed by atoms with van der Waals surface area (Å²) in [6.07, 6.45) is -1.38. The molecule has 6 heteroatoms. The molecule has 3 rings (SSSR count). The van der Waals surface area contributed by atoms with Crippen molar-refractivity contribution in [2.24, 2.45) is 11.3 Å². The molecular formula is C27H35NO5. The molecule has 1 aliphatic heterocycles. The SMILES string of the molecule is CC(OC(=O)N1CC[C@H](CC(=O)OC(c2ccccc2)c2ccccc2)[C@H](O)C1)C(C)(C)C. The Morgan fingerprint density at radius 2 is 1.55 bits per heavy atom. The van der Waals surface area contributed by atoms with Crippen molar-refractivity contribution >= 4 is 12.1 Å². The quantitative estimate of drug-likeness (QED) is 0.626. The van der Waals surface area contributed by atoms with Crippen molar-refractivity contribution in [1.29, 1.82) is 0 Å². The lowest BCUT2D eigenvalue weighted by atomic mass is 9.90. The smallest absolute Gasteiger partial charge is 0.410 e. The molecule has 0 bridgehead atoms. The number of aliphatic hydroxyl groups is 1. The Balaban J connectivity index is 1.58. The maximum Gasteiger partial charge on any atom is 0.410 e. The lowest BCUT2D eigenvalue weighted by Crippen LogP contribution is -2.48. The highest BCUT2D eigenvalue weighted by Crippen LogP contribution is 2.29. The molecule has 6 nitrogen and oxygen atoms in total. The van der Waals surface area contributed by atoms with Gasteiger partial charge in [0.1, 0.15) is 6.10 Å². The summed E-state index contributed by atoms with van der Waals surface area (Å²) in [5.41, 5.74) is 1.62. The summed E-state index contributed by atoms with van der Waals surface area (Å²) < 4.78 is 11.4. The number of likely N-dealkylation sites (tertiary alicyclic amines) is 1. The van der Waals surface area contributed by atoms with Crippen molar-refractivity contribution < 1.29 is 24.2 Å². The molecule has 1 amide bonds. The molecule has 33 heavy (non-hydrogen) atoms. The van der Waals surface area contributed by atoms with Gasteiger partial charge in [-0.2, -0.15) is 0 Å². The van der Waals surface area contributed by atoms with E-state index in [2.05, 4.69) is 0 Å². The van der Waals surface area contributed by atoms with E-state index in [4.69, 9.17) is 9.47 Å². The van der Waals surface area contributed by atoms with Crippen LogP contribution in [0, 0.1) is 11.3 Å². The first-order valence-corrected chi connectivity index (χ1v) is 11.6. The second kappa shape index (κ2) is 10.8. The molecule has 2 aromatic carbocycles. The van der Waals surface area contributed by atoms with Gasteiger partial charge in [-0.1, -0.05) is 81.4 Å². The number of hydrogen-bond acceptors (Lipinski definition) is 5.